The van der Waals surface area contributed by atoms with Gasteiger partial charge in [-0.3, -0.25) is 0 Å². The van der Waals surface area contributed by atoms with Gasteiger partial charge in [0.1, 0.15) is 6.10 Å². The largest absolute Gasteiger partial charge is 0.400 e. The zero-order valence-corrected chi connectivity index (χ0v) is 4.87. The van der Waals surface area contributed by atoms with Crippen LogP contribution in [0.15, 0.2) is 24.0 Å². The second-order valence-corrected chi connectivity index (χ2v) is 2.17. The first-order valence-electron chi connectivity index (χ1n) is 2.91. The first-order chi connectivity index (χ1) is 4.38. The molecule has 48 valence electrons. The highest BCUT2D eigenvalue weighted by atomic mass is 16.6. The van der Waals surface area contributed by atoms with Crippen LogP contribution in [0, 0.1) is 0 Å². The smallest absolute Gasteiger partial charge is 0.160 e. The van der Waals surface area contributed by atoms with Crippen LogP contribution in [-0.4, -0.2) is 12.3 Å². The Hall–Kier alpha value is -0.960. The van der Waals surface area contributed by atoms with Gasteiger partial charge in [-0.2, -0.15) is 0 Å². The zero-order valence-electron chi connectivity index (χ0n) is 4.87. The average Bonchev–Trinajstić information content (AvgIpc) is 2.55. The van der Waals surface area contributed by atoms with Gasteiger partial charge >= 0.3 is 0 Å². The minimum absolute atomic E-state index is 0.125. The SMILES string of the molecule is NC1=CC=CNC2OC12. The molecule has 1 fully saturated rings. The molecule has 0 radical (unpaired) electrons. The Balaban J connectivity index is 2.20. The minimum atomic E-state index is 0.125. The van der Waals surface area contributed by atoms with E-state index in [0.717, 1.165) is 5.70 Å². The van der Waals surface area contributed by atoms with E-state index in [1.807, 2.05) is 18.4 Å². The summed E-state index contributed by atoms with van der Waals surface area (Å²) in [6.07, 6.45) is 5.83. The third kappa shape index (κ3) is 0.695. The van der Waals surface area contributed by atoms with Gasteiger partial charge in [-0.15, -0.1) is 0 Å². The van der Waals surface area contributed by atoms with E-state index in [2.05, 4.69) is 5.32 Å². The number of nitrogens with one attached hydrogen (secondary N) is 1. The van der Waals surface area contributed by atoms with E-state index >= 15 is 0 Å². The summed E-state index contributed by atoms with van der Waals surface area (Å²) in [7, 11) is 0. The normalized spacial score (nSPS) is 38.0. The van der Waals surface area contributed by atoms with Crippen LogP contribution >= 0.6 is 0 Å². The Kier molecular flexibility index (Phi) is 0.818. The zero-order chi connectivity index (χ0) is 6.27. The lowest BCUT2D eigenvalue weighted by Gasteiger charge is -1.88. The highest BCUT2D eigenvalue weighted by Gasteiger charge is 2.40. The molecule has 2 aliphatic rings. The maximum Gasteiger partial charge on any atom is 0.160 e. The number of allylic oxidation sites excluding steroid dienone is 2. The van der Waals surface area contributed by atoms with Crippen LogP contribution in [0.1, 0.15) is 0 Å². The van der Waals surface area contributed by atoms with Gasteiger partial charge in [-0.1, -0.05) is 0 Å². The molecule has 0 aromatic rings. The molecule has 0 saturated carbocycles. The summed E-state index contributed by atoms with van der Waals surface area (Å²) in [5.74, 6) is 0. The molecule has 0 spiro atoms. The van der Waals surface area contributed by atoms with Crippen LogP contribution in [-0.2, 0) is 4.74 Å². The predicted molar refractivity (Wildman–Crippen MR) is 33.2 cm³/mol. The van der Waals surface area contributed by atoms with E-state index in [1.165, 1.54) is 0 Å². The molecular weight excluding hydrogens is 116 g/mol. The Morgan fingerprint density at radius 1 is 1.67 bits per heavy atom. The molecule has 2 heterocycles. The number of ether oxygens (including phenoxy) is 1. The Morgan fingerprint density at radius 3 is 3.44 bits per heavy atom. The quantitative estimate of drug-likeness (QED) is 0.435. The van der Waals surface area contributed by atoms with Gasteiger partial charge in [0.15, 0.2) is 6.23 Å². The second kappa shape index (κ2) is 1.51. The molecule has 2 unspecified atom stereocenters. The lowest BCUT2D eigenvalue weighted by Crippen LogP contribution is -2.14. The van der Waals surface area contributed by atoms with Gasteiger partial charge < -0.3 is 15.8 Å². The minimum Gasteiger partial charge on any atom is -0.400 e. The Labute approximate surface area is 53.2 Å². The first-order valence-corrected chi connectivity index (χ1v) is 2.91. The fourth-order valence-electron chi connectivity index (χ4n) is 0.897. The van der Waals surface area contributed by atoms with E-state index < -0.39 is 0 Å². The molecule has 3 heteroatoms. The van der Waals surface area contributed by atoms with E-state index in [-0.39, 0.29) is 12.3 Å². The molecule has 0 amide bonds. The molecule has 9 heavy (non-hydrogen) atoms. The fourth-order valence-corrected chi connectivity index (χ4v) is 0.897. The van der Waals surface area contributed by atoms with Crippen LogP contribution in [0.25, 0.3) is 0 Å². The number of hydrogen-bond acceptors (Lipinski definition) is 3. The maximum absolute atomic E-state index is 5.56. The monoisotopic (exact) mass is 124 g/mol. The molecule has 3 nitrogen and oxygen atoms in total. The molecule has 2 aliphatic heterocycles. The molecule has 1 saturated heterocycles. The maximum atomic E-state index is 5.56. The van der Waals surface area contributed by atoms with Gasteiger partial charge in [0.05, 0.1) is 0 Å². The summed E-state index contributed by atoms with van der Waals surface area (Å²) in [4.78, 5) is 0. The topological polar surface area (TPSA) is 50.6 Å². The average molecular weight is 124 g/mol. The van der Waals surface area contributed by atoms with E-state index in [4.69, 9.17) is 10.5 Å². The van der Waals surface area contributed by atoms with Gasteiger partial charge in [0, 0.05) is 5.70 Å². The second-order valence-electron chi connectivity index (χ2n) is 2.17. The van der Waals surface area contributed by atoms with Crippen molar-refractivity contribution in [3.05, 3.63) is 24.0 Å². The summed E-state index contributed by atoms with van der Waals surface area (Å²) in [6.45, 7) is 0. The predicted octanol–water partition coefficient (Wildman–Crippen LogP) is -0.329. The van der Waals surface area contributed by atoms with Gasteiger partial charge in [-0.05, 0) is 18.4 Å². The van der Waals surface area contributed by atoms with Crippen molar-refractivity contribution in [2.75, 3.05) is 0 Å². The molecule has 0 bridgehead atoms. The van der Waals surface area contributed by atoms with Crippen LogP contribution < -0.4 is 11.1 Å². The van der Waals surface area contributed by atoms with Crippen molar-refractivity contribution >= 4 is 0 Å². The lowest BCUT2D eigenvalue weighted by molar-refractivity contribution is 0.368. The van der Waals surface area contributed by atoms with E-state index in [1.54, 1.807) is 0 Å². The number of fused-ring (bicyclic) bond motifs is 1. The van der Waals surface area contributed by atoms with E-state index in [0.29, 0.717) is 0 Å². The number of epoxide rings is 1. The first kappa shape index (κ1) is 4.88. The Bertz CT molecular complexity index is 185. The Morgan fingerprint density at radius 2 is 2.56 bits per heavy atom. The van der Waals surface area contributed by atoms with Crippen LogP contribution in [0.5, 0.6) is 0 Å². The van der Waals surface area contributed by atoms with Gasteiger partial charge in [0.25, 0.3) is 0 Å². The summed E-state index contributed by atoms with van der Waals surface area (Å²) >= 11 is 0. The fraction of sp³-hybridized carbons (Fsp3) is 0.333. The number of rotatable bonds is 0. The molecule has 2 rings (SSSR count). The summed E-state index contributed by atoms with van der Waals surface area (Å²) in [5.41, 5.74) is 6.37. The van der Waals surface area contributed by atoms with Gasteiger partial charge in [-0.25, -0.2) is 0 Å². The highest BCUT2D eigenvalue weighted by Crippen LogP contribution is 2.25. The molecular formula is C6H8N2O. The number of nitrogens with two attached hydrogens (primary N) is 1. The summed E-state index contributed by atoms with van der Waals surface area (Å²) in [5, 5.41) is 3.01. The lowest BCUT2D eigenvalue weighted by atomic mass is 10.3. The molecule has 3 N–H and O–H groups in total. The standard InChI is InChI=1S/C6H8N2O/c7-4-2-1-3-8-6-5(4)9-6/h1-3,5-6,8H,7H2. The molecule has 0 aromatic carbocycles. The van der Waals surface area contributed by atoms with Crippen molar-refractivity contribution in [3.8, 4) is 0 Å². The van der Waals surface area contributed by atoms with Crippen LogP contribution in [0.2, 0.25) is 0 Å². The highest BCUT2D eigenvalue weighted by molar-refractivity contribution is 5.22. The molecule has 0 aromatic heterocycles. The molecule has 0 aliphatic carbocycles. The van der Waals surface area contributed by atoms with E-state index in [9.17, 15) is 0 Å². The van der Waals surface area contributed by atoms with Crippen molar-refractivity contribution in [3.63, 3.8) is 0 Å². The van der Waals surface area contributed by atoms with Crippen molar-refractivity contribution in [2.45, 2.75) is 12.3 Å². The van der Waals surface area contributed by atoms with Gasteiger partial charge in [0.2, 0.25) is 0 Å². The summed E-state index contributed by atoms with van der Waals surface area (Å²) < 4.78 is 5.11. The summed E-state index contributed by atoms with van der Waals surface area (Å²) in [6, 6.07) is 0. The van der Waals surface area contributed by atoms with Crippen molar-refractivity contribution < 1.29 is 4.74 Å². The third-order valence-electron chi connectivity index (χ3n) is 1.47. The van der Waals surface area contributed by atoms with Crippen molar-refractivity contribution in [2.24, 2.45) is 5.73 Å². The van der Waals surface area contributed by atoms with Crippen molar-refractivity contribution in [1.82, 2.24) is 5.32 Å². The van der Waals surface area contributed by atoms with Crippen molar-refractivity contribution in [1.29, 1.82) is 0 Å². The number of hydrogen-bond donors (Lipinski definition) is 2. The van der Waals surface area contributed by atoms with Crippen LogP contribution in [0.3, 0.4) is 0 Å². The van der Waals surface area contributed by atoms with Crippen LogP contribution in [0.4, 0.5) is 0 Å². The third-order valence-corrected chi connectivity index (χ3v) is 1.47. The molecule has 2 atom stereocenters.